The molecule has 3 nitrogen and oxygen atoms in total. The van der Waals surface area contributed by atoms with E-state index in [1.54, 1.807) is 0 Å². The van der Waals surface area contributed by atoms with Crippen LogP contribution in [0.25, 0.3) is 0 Å². The van der Waals surface area contributed by atoms with Crippen LogP contribution in [0.15, 0.2) is 0 Å². The van der Waals surface area contributed by atoms with Crippen molar-refractivity contribution >= 4 is 5.91 Å². The molecule has 1 heterocycles. The average molecular weight is 211 g/mol. The van der Waals surface area contributed by atoms with Gasteiger partial charge in [-0.25, -0.2) is 0 Å². The highest BCUT2D eigenvalue weighted by Crippen LogP contribution is 2.39. The summed E-state index contributed by atoms with van der Waals surface area (Å²) in [5.74, 6) is 0.326. The number of aliphatic hydroxyl groups excluding tert-OH is 1. The number of hydrogen-bond donors (Lipinski definition) is 1. The monoisotopic (exact) mass is 211 g/mol. The molecule has 2 aliphatic rings. The summed E-state index contributed by atoms with van der Waals surface area (Å²) in [5, 5.41) is 9.40. The maximum Gasteiger partial charge on any atom is 0.228 e. The van der Waals surface area contributed by atoms with Crippen molar-refractivity contribution in [3.8, 4) is 0 Å². The molecule has 3 heteroatoms. The number of piperidine rings is 1. The maximum absolute atomic E-state index is 12.3. The number of rotatable bonds is 1. The smallest absolute Gasteiger partial charge is 0.228 e. The fraction of sp³-hybridized carbons (Fsp3) is 0.917. The molecular formula is C12H21NO2. The van der Waals surface area contributed by atoms with Gasteiger partial charge in [0.1, 0.15) is 0 Å². The third kappa shape index (κ3) is 2.17. The maximum atomic E-state index is 12.3. The van der Waals surface area contributed by atoms with Gasteiger partial charge in [-0.2, -0.15) is 0 Å². The Morgan fingerprint density at radius 3 is 2.33 bits per heavy atom. The van der Waals surface area contributed by atoms with E-state index in [2.05, 4.69) is 6.92 Å². The summed E-state index contributed by atoms with van der Waals surface area (Å²) in [7, 11) is 0. The molecule has 0 aromatic heterocycles. The normalized spacial score (nSPS) is 26.9. The van der Waals surface area contributed by atoms with Crippen molar-refractivity contribution in [2.45, 2.75) is 51.6 Å². The van der Waals surface area contributed by atoms with Crippen molar-refractivity contribution in [2.24, 2.45) is 5.41 Å². The van der Waals surface area contributed by atoms with Gasteiger partial charge in [0.05, 0.1) is 6.10 Å². The minimum Gasteiger partial charge on any atom is -0.393 e. The summed E-state index contributed by atoms with van der Waals surface area (Å²) in [5.41, 5.74) is -0.0949. The van der Waals surface area contributed by atoms with Crippen LogP contribution in [0.1, 0.15) is 45.4 Å². The third-order valence-electron chi connectivity index (χ3n) is 3.98. The van der Waals surface area contributed by atoms with Crippen LogP contribution >= 0.6 is 0 Å². The lowest BCUT2D eigenvalue weighted by molar-refractivity contribution is -0.143. The van der Waals surface area contributed by atoms with E-state index in [1.807, 2.05) is 4.90 Å². The second-order valence-corrected chi connectivity index (χ2v) is 5.29. The molecule has 0 aromatic rings. The van der Waals surface area contributed by atoms with Gasteiger partial charge in [-0.1, -0.05) is 19.8 Å². The van der Waals surface area contributed by atoms with Crippen LogP contribution in [-0.2, 0) is 4.79 Å². The largest absolute Gasteiger partial charge is 0.393 e. The number of carbonyl (C=O) groups excluding carboxylic acids is 1. The van der Waals surface area contributed by atoms with E-state index < -0.39 is 0 Å². The number of hydrogen-bond acceptors (Lipinski definition) is 2. The Hall–Kier alpha value is -0.570. The van der Waals surface area contributed by atoms with Crippen LogP contribution < -0.4 is 0 Å². The van der Waals surface area contributed by atoms with Crippen molar-refractivity contribution < 1.29 is 9.90 Å². The molecule has 0 bridgehead atoms. The van der Waals surface area contributed by atoms with Crippen molar-refractivity contribution in [1.29, 1.82) is 0 Å². The first-order chi connectivity index (χ1) is 7.12. The molecule has 1 saturated carbocycles. The summed E-state index contributed by atoms with van der Waals surface area (Å²) >= 11 is 0. The van der Waals surface area contributed by atoms with Gasteiger partial charge in [-0.15, -0.1) is 0 Å². The first-order valence-corrected chi connectivity index (χ1v) is 6.09. The van der Waals surface area contributed by atoms with Crippen molar-refractivity contribution in [3.05, 3.63) is 0 Å². The van der Waals surface area contributed by atoms with Crippen LogP contribution in [0, 0.1) is 5.41 Å². The summed E-state index contributed by atoms with van der Waals surface area (Å²) in [6, 6.07) is 0. The SMILES string of the molecule is CC1(C(=O)N2CCC(O)CC2)CCCC1. The molecule has 1 aliphatic carbocycles. The average Bonchev–Trinajstić information content (AvgIpc) is 2.67. The minimum atomic E-state index is -0.189. The predicted molar refractivity (Wildman–Crippen MR) is 58.4 cm³/mol. The molecule has 2 rings (SSSR count). The minimum absolute atomic E-state index is 0.0949. The second kappa shape index (κ2) is 4.12. The van der Waals surface area contributed by atoms with Crippen molar-refractivity contribution in [3.63, 3.8) is 0 Å². The molecule has 1 aliphatic heterocycles. The zero-order valence-electron chi connectivity index (χ0n) is 9.54. The van der Waals surface area contributed by atoms with Crippen LogP contribution in [0.3, 0.4) is 0 Å². The van der Waals surface area contributed by atoms with Crippen molar-refractivity contribution in [1.82, 2.24) is 4.90 Å². The number of nitrogens with zero attached hydrogens (tertiary/aromatic N) is 1. The van der Waals surface area contributed by atoms with E-state index in [4.69, 9.17) is 0 Å². The summed E-state index contributed by atoms with van der Waals surface area (Å²) in [6.07, 6.45) is 5.79. The number of likely N-dealkylation sites (tertiary alicyclic amines) is 1. The molecular weight excluding hydrogens is 190 g/mol. The topological polar surface area (TPSA) is 40.5 Å². The molecule has 15 heavy (non-hydrogen) atoms. The molecule has 1 saturated heterocycles. The van der Waals surface area contributed by atoms with Crippen LogP contribution in [0.2, 0.25) is 0 Å². The second-order valence-electron chi connectivity index (χ2n) is 5.29. The zero-order chi connectivity index (χ0) is 10.9. The van der Waals surface area contributed by atoms with Crippen molar-refractivity contribution in [2.75, 3.05) is 13.1 Å². The Morgan fingerprint density at radius 2 is 1.80 bits per heavy atom. The van der Waals surface area contributed by atoms with Crippen LogP contribution in [0.4, 0.5) is 0 Å². The Balaban J connectivity index is 1.95. The molecule has 0 atom stereocenters. The van der Waals surface area contributed by atoms with Gasteiger partial charge in [0.2, 0.25) is 5.91 Å². The first kappa shape index (κ1) is 10.9. The van der Waals surface area contributed by atoms with Crippen LogP contribution in [-0.4, -0.2) is 35.1 Å². The number of amides is 1. The van der Waals surface area contributed by atoms with Gasteiger partial charge in [-0.05, 0) is 25.7 Å². The van der Waals surface area contributed by atoms with Crippen LogP contribution in [0.5, 0.6) is 0 Å². The Labute approximate surface area is 91.5 Å². The quantitative estimate of drug-likeness (QED) is 0.715. The molecule has 1 N–H and O–H groups in total. The highest BCUT2D eigenvalue weighted by molar-refractivity contribution is 5.82. The van der Waals surface area contributed by atoms with E-state index in [0.29, 0.717) is 5.91 Å². The molecule has 2 fully saturated rings. The molecule has 0 aromatic carbocycles. The van der Waals surface area contributed by atoms with Gasteiger partial charge >= 0.3 is 0 Å². The highest BCUT2D eigenvalue weighted by atomic mass is 16.3. The summed E-state index contributed by atoms with van der Waals surface area (Å²) in [6.45, 7) is 3.60. The lowest BCUT2D eigenvalue weighted by Crippen LogP contribution is -2.46. The van der Waals surface area contributed by atoms with E-state index in [9.17, 15) is 9.90 Å². The molecule has 0 spiro atoms. The fourth-order valence-electron chi connectivity index (χ4n) is 2.82. The molecule has 86 valence electrons. The van der Waals surface area contributed by atoms with E-state index in [-0.39, 0.29) is 11.5 Å². The van der Waals surface area contributed by atoms with E-state index in [1.165, 1.54) is 12.8 Å². The standard InChI is InChI=1S/C12H21NO2/c1-12(6-2-3-7-12)11(15)13-8-4-10(14)5-9-13/h10,14H,2-9H2,1H3. The number of aliphatic hydroxyl groups is 1. The van der Waals surface area contributed by atoms with Gasteiger partial charge in [-0.3, -0.25) is 4.79 Å². The molecule has 1 amide bonds. The van der Waals surface area contributed by atoms with E-state index in [0.717, 1.165) is 38.8 Å². The Bertz CT molecular complexity index is 238. The predicted octanol–water partition coefficient (Wildman–Crippen LogP) is 1.55. The summed E-state index contributed by atoms with van der Waals surface area (Å²) in [4.78, 5) is 14.2. The van der Waals surface area contributed by atoms with Gasteiger partial charge in [0.15, 0.2) is 0 Å². The van der Waals surface area contributed by atoms with Gasteiger partial charge in [0, 0.05) is 18.5 Å². The summed E-state index contributed by atoms with van der Waals surface area (Å²) < 4.78 is 0. The Kier molecular flexibility index (Phi) is 3.01. The Morgan fingerprint density at radius 1 is 1.27 bits per heavy atom. The molecule has 0 radical (unpaired) electrons. The first-order valence-electron chi connectivity index (χ1n) is 6.09. The van der Waals surface area contributed by atoms with E-state index >= 15 is 0 Å². The number of carbonyl (C=O) groups is 1. The fourth-order valence-corrected chi connectivity index (χ4v) is 2.82. The van der Waals surface area contributed by atoms with Gasteiger partial charge in [0.25, 0.3) is 0 Å². The zero-order valence-corrected chi connectivity index (χ0v) is 9.54. The van der Waals surface area contributed by atoms with Gasteiger partial charge < -0.3 is 10.0 Å². The third-order valence-corrected chi connectivity index (χ3v) is 3.98. The molecule has 0 unspecified atom stereocenters. The highest BCUT2D eigenvalue weighted by Gasteiger charge is 2.39. The lowest BCUT2D eigenvalue weighted by atomic mass is 9.86. The lowest BCUT2D eigenvalue weighted by Gasteiger charge is -2.35.